The molecule has 0 bridgehead atoms. The number of carbonyl (C=O) groups is 2. The van der Waals surface area contributed by atoms with E-state index >= 15 is 0 Å². The number of thioether (sulfide) groups is 2. The fourth-order valence-electron chi connectivity index (χ4n) is 7.36. The maximum Gasteiger partial charge on any atom is 0.356 e. The van der Waals surface area contributed by atoms with Gasteiger partial charge in [-0.05, 0) is 35.9 Å². The standard InChI is InChI=1S/C20H18F4N4O2S.C13H15F2N3OS.C6H4F2N2O2/c21-5-17-12-8-31-19(25)28-20(12,9-30-17)11-3-10(1-2-13(11)22)4-16(29)14-6-27-15(7-26-14)18(23)24;14-4-11-9-5-20-12(17)18-13(9,6-19-11)8-3-7(16)1-2-10(8)15;7-5(8)3-1-10-4(2-9-3)6(11)12/h1-3,6-7,12,17-18H,4-5,8-9H2,(H2,25,28);1-3,9,11H,4-6,16H2,(H2,17,18);1-2,5H,(H,11,12)/t12-,17-,20-;9-,11-,13-;/m11./s1. The summed E-state index contributed by atoms with van der Waals surface area (Å²) in [6.45, 7) is -1.25. The molecule has 0 aliphatic carbocycles. The number of aromatic carboxylic acids is 1. The van der Waals surface area contributed by atoms with Gasteiger partial charge in [-0.25, -0.2) is 59.9 Å². The molecule has 2 aromatic carbocycles. The van der Waals surface area contributed by atoms with Crippen LogP contribution in [0.4, 0.5) is 40.8 Å². The molecule has 6 heterocycles. The summed E-state index contributed by atoms with van der Waals surface area (Å²) in [6.07, 6.45) is -3.59. The minimum Gasteiger partial charge on any atom is -0.476 e. The number of aliphatic imine (C=N–C) groups is 2. The number of nitrogens with two attached hydrogens (primary N) is 3. The van der Waals surface area contributed by atoms with Crippen LogP contribution in [0.1, 0.15) is 61.9 Å². The van der Waals surface area contributed by atoms with Crippen LogP contribution in [0.15, 0.2) is 71.2 Å². The van der Waals surface area contributed by atoms with Gasteiger partial charge < -0.3 is 31.8 Å². The van der Waals surface area contributed by atoms with Gasteiger partial charge in [-0.2, -0.15) is 0 Å². The van der Waals surface area contributed by atoms with Crippen LogP contribution < -0.4 is 17.2 Å². The highest BCUT2D eigenvalue weighted by Gasteiger charge is 2.55. The summed E-state index contributed by atoms with van der Waals surface area (Å²) in [7, 11) is 0. The van der Waals surface area contributed by atoms with E-state index < -0.39 is 90.2 Å². The van der Waals surface area contributed by atoms with E-state index in [0.29, 0.717) is 33.5 Å². The Morgan fingerprint density at radius 3 is 1.63 bits per heavy atom. The third kappa shape index (κ3) is 10.2. The maximum atomic E-state index is 14.9. The Balaban J connectivity index is 0.000000176. The Morgan fingerprint density at radius 2 is 1.19 bits per heavy atom. The van der Waals surface area contributed by atoms with Gasteiger partial charge in [0.15, 0.2) is 21.8 Å². The second-order valence-electron chi connectivity index (χ2n) is 14.3. The van der Waals surface area contributed by atoms with E-state index in [-0.39, 0.29) is 47.7 Å². The lowest BCUT2D eigenvalue weighted by molar-refractivity contribution is 0.0688. The van der Waals surface area contributed by atoms with Crippen molar-refractivity contribution in [2.45, 2.75) is 42.6 Å². The van der Waals surface area contributed by atoms with E-state index in [2.05, 4.69) is 29.9 Å². The number of benzene rings is 2. The van der Waals surface area contributed by atoms with Crippen molar-refractivity contribution in [1.29, 1.82) is 0 Å². The Kier molecular flexibility index (Phi) is 14.9. The van der Waals surface area contributed by atoms with Crippen LogP contribution in [0.5, 0.6) is 0 Å². The van der Waals surface area contributed by atoms with E-state index in [1.54, 1.807) is 6.07 Å². The van der Waals surface area contributed by atoms with Gasteiger partial charge in [-0.1, -0.05) is 29.6 Å². The number of carboxylic acid groups (broad SMARTS) is 1. The number of nitrogens with zero attached hydrogens (tertiary/aromatic N) is 6. The summed E-state index contributed by atoms with van der Waals surface area (Å²) in [5, 5.41) is 8.95. The van der Waals surface area contributed by atoms with Gasteiger partial charge >= 0.3 is 5.97 Å². The molecule has 8 rings (SSSR count). The second kappa shape index (κ2) is 19.9. The summed E-state index contributed by atoms with van der Waals surface area (Å²) < 4.78 is 116. The van der Waals surface area contributed by atoms with Crippen LogP contribution in [-0.2, 0) is 27.0 Å². The van der Waals surface area contributed by atoms with Crippen molar-refractivity contribution in [2.75, 3.05) is 43.8 Å². The number of alkyl halides is 6. The molecule has 4 aliphatic heterocycles. The normalized spacial score (nSPS) is 24.9. The number of carboxylic acids is 1. The molecule has 7 N–H and O–H groups in total. The van der Waals surface area contributed by atoms with Crippen LogP contribution in [-0.4, -0.2) is 97.4 Å². The zero-order chi connectivity index (χ0) is 45.6. The molecule has 14 nitrogen and oxygen atoms in total. The van der Waals surface area contributed by atoms with Crippen molar-refractivity contribution in [3.63, 3.8) is 0 Å². The first kappa shape index (κ1) is 47.0. The van der Waals surface area contributed by atoms with Crippen molar-refractivity contribution in [3.05, 3.63) is 112 Å². The molecule has 24 heteroatoms. The minimum atomic E-state index is -2.79. The second-order valence-corrected chi connectivity index (χ2v) is 16.4. The summed E-state index contributed by atoms with van der Waals surface area (Å²) in [5.41, 5.74) is 15.2. The van der Waals surface area contributed by atoms with Crippen LogP contribution in [0.3, 0.4) is 0 Å². The number of Topliss-reactive ketones (excluding diaryl/α,β-unsaturated/α-hetero) is 1. The van der Waals surface area contributed by atoms with Gasteiger partial charge in [0.25, 0.3) is 12.9 Å². The zero-order valence-electron chi connectivity index (χ0n) is 32.5. The van der Waals surface area contributed by atoms with Gasteiger partial charge in [0, 0.05) is 46.6 Å². The first-order valence-corrected chi connectivity index (χ1v) is 20.6. The largest absolute Gasteiger partial charge is 0.476 e. The van der Waals surface area contributed by atoms with E-state index in [4.69, 9.17) is 31.8 Å². The number of fused-ring (bicyclic) bond motifs is 2. The predicted molar refractivity (Wildman–Crippen MR) is 216 cm³/mol. The topological polar surface area (TPSA) is 227 Å². The molecule has 2 aromatic heterocycles. The summed E-state index contributed by atoms with van der Waals surface area (Å²) in [4.78, 5) is 45.3. The van der Waals surface area contributed by atoms with Crippen molar-refractivity contribution in [3.8, 4) is 0 Å². The fourth-order valence-corrected chi connectivity index (χ4v) is 9.49. The lowest BCUT2D eigenvalue weighted by Gasteiger charge is -2.35. The van der Waals surface area contributed by atoms with Gasteiger partial charge in [-0.15, -0.1) is 0 Å². The molecule has 336 valence electrons. The van der Waals surface area contributed by atoms with Crippen LogP contribution in [0.25, 0.3) is 0 Å². The van der Waals surface area contributed by atoms with Crippen LogP contribution in [0.2, 0.25) is 0 Å². The summed E-state index contributed by atoms with van der Waals surface area (Å²) >= 11 is 2.61. The summed E-state index contributed by atoms with van der Waals surface area (Å²) in [5.74, 6) is -2.42. The third-order valence-corrected chi connectivity index (χ3v) is 12.3. The average molecular weight is 928 g/mol. The monoisotopic (exact) mass is 927 g/mol. The van der Waals surface area contributed by atoms with Gasteiger partial charge in [0.1, 0.15) is 53.1 Å². The highest BCUT2D eigenvalue weighted by molar-refractivity contribution is 8.14. The lowest BCUT2D eigenvalue weighted by Crippen LogP contribution is -2.42. The molecule has 0 spiro atoms. The third-order valence-electron chi connectivity index (χ3n) is 10.5. The van der Waals surface area contributed by atoms with Crippen molar-refractivity contribution < 1.29 is 59.3 Å². The molecule has 63 heavy (non-hydrogen) atoms. The number of anilines is 1. The Hall–Kier alpha value is -5.46. The van der Waals surface area contributed by atoms with Gasteiger partial charge in [0.2, 0.25) is 0 Å². The molecule has 0 unspecified atom stereocenters. The molecule has 2 fully saturated rings. The number of rotatable bonds is 10. The number of hydrogen-bond donors (Lipinski definition) is 4. The molecular formula is C39H37F8N9O5S2. The minimum absolute atomic E-state index is 0.0254. The number of carbonyl (C=O) groups excluding carboxylic acids is 1. The van der Waals surface area contributed by atoms with E-state index in [0.717, 1.165) is 24.8 Å². The van der Waals surface area contributed by atoms with Crippen molar-refractivity contribution in [1.82, 2.24) is 19.9 Å². The van der Waals surface area contributed by atoms with E-state index in [1.807, 2.05) is 0 Å². The molecule has 0 amide bonds. The SMILES string of the molecule is NC1=N[C@@]2(c3cc(CC(=O)c4cnc(C(F)F)cn4)ccc3F)CO[C@H](CF)[C@H]2CS1.NC1=N[C@@]2(c3cc(N)ccc3F)CO[C@H](CF)[C@H]2CS1.O=C(O)c1cnc(C(F)F)cn1. The number of ether oxygens (including phenoxy) is 2. The maximum absolute atomic E-state index is 14.9. The highest BCUT2D eigenvalue weighted by atomic mass is 32.2. The smallest absolute Gasteiger partial charge is 0.356 e. The Labute approximate surface area is 361 Å². The molecule has 4 aromatic rings. The molecule has 0 saturated carbocycles. The molecular weight excluding hydrogens is 891 g/mol. The van der Waals surface area contributed by atoms with Gasteiger partial charge in [-0.3, -0.25) is 14.8 Å². The average Bonchev–Trinajstić information content (AvgIpc) is 3.84. The van der Waals surface area contributed by atoms with Gasteiger partial charge in [0.05, 0.1) is 50.2 Å². The number of amidine groups is 2. The molecule has 6 atom stereocenters. The number of nitrogen functional groups attached to an aromatic ring is 1. The predicted octanol–water partition coefficient (Wildman–Crippen LogP) is 5.98. The lowest BCUT2D eigenvalue weighted by atomic mass is 9.78. The number of aromatic nitrogens is 4. The van der Waals surface area contributed by atoms with Crippen LogP contribution in [0, 0.1) is 23.5 Å². The molecule has 2 saturated heterocycles. The summed E-state index contributed by atoms with van der Waals surface area (Å²) in [6, 6.07) is 8.48. The van der Waals surface area contributed by atoms with Crippen LogP contribution >= 0.6 is 23.5 Å². The van der Waals surface area contributed by atoms with E-state index in [1.165, 1.54) is 53.9 Å². The quantitative estimate of drug-likeness (QED) is 0.0816. The fraction of sp³-hybridized carbons (Fsp3) is 0.385. The zero-order valence-corrected chi connectivity index (χ0v) is 34.2. The first-order valence-electron chi connectivity index (χ1n) is 18.6. The first-order chi connectivity index (χ1) is 30.0. The number of ketones is 1. The number of halogens is 8. The molecule has 0 radical (unpaired) electrons. The Bertz CT molecular complexity index is 2360. The molecule has 4 aliphatic rings. The Morgan fingerprint density at radius 1 is 0.714 bits per heavy atom. The van der Waals surface area contributed by atoms with Crippen molar-refractivity contribution in [2.24, 2.45) is 33.3 Å². The van der Waals surface area contributed by atoms with Crippen molar-refractivity contribution >= 4 is 51.3 Å². The highest BCUT2D eigenvalue weighted by Crippen LogP contribution is 2.50. The number of hydrogen-bond acceptors (Lipinski definition) is 15. The van der Waals surface area contributed by atoms with E-state index in [9.17, 15) is 44.7 Å².